The number of aromatic nitrogens is 2. The van der Waals surface area contributed by atoms with Gasteiger partial charge in [0.2, 0.25) is 5.91 Å². The SMILES string of the molecule is CCC(C)OC(=O)c1c(NC(=O)C(C)n2nc(C)c(Cl)c2C)sc2c1CCCC2. The zero-order valence-electron chi connectivity index (χ0n) is 17.6. The fourth-order valence-electron chi connectivity index (χ4n) is 3.54. The van der Waals surface area contributed by atoms with Gasteiger partial charge in [0.05, 0.1) is 28.1 Å². The normalized spacial score (nSPS) is 15.5. The van der Waals surface area contributed by atoms with Crippen LogP contribution in [0.1, 0.15) is 78.3 Å². The number of amides is 1. The Kier molecular flexibility index (Phi) is 6.69. The molecule has 2 aromatic heterocycles. The monoisotopic (exact) mass is 437 g/mol. The van der Waals surface area contributed by atoms with E-state index < -0.39 is 6.04 Å². The van der Waals surface area contributed by atoms with Gasteiger partial charge >= 0.3 is 5.97 Å². The molecule has 2 aromatic rings. The van der Waals surface area contributed by atoms with Crippen LogP contribution in [-0.2, 0) is 22.4 Å². The maximum Gasteiger partial charge on any atom is 0.341 e. The van der Waals surface area contributed by atoms with Crippen LogP contribution in [0.25, 0.3) is 0 Å². The van der Waals surface area contributed by atoms with E-state index in [1.807, 2.05) is 27.7 Å². The van der Waals surface area contributed by atoms with Gasteiger partial charge < -0.3 is 10.1 Å². The van der Waals surface area contributed by atoms with Crippen molar-refractivity contribution in [3.8, 4) is 0 Å². The highest BCUT2D eigenvalue weighted by atomic mass is 35.5. The van der Waals surface area contributed by atoms with Gasteiger partial charge in [0.25, 0.3) is 0 Å². The smallest absolute Gasteiger partial charge is 0.341 e. The molecule has 3 rings (SSSR count). The molecule has 29 heavy (non-hydrogen) atoms. The molecule has 0 aliphatic heterocycles. The Morgan fingerprint density at radius 1 is 1.28 bits per heavy atom. The van der Waals surface area contributed by atoms with Crippen LogP contribution in [0.4, 0.5) is 5.00 Å². The number of anilines is 1. The fraction of sp³-hybridized carbons (Fsp3) is 0.571. The Balaban J connectivity index is 1.89. The number of rotatable bonds is 6. The van der Waals surface area contributed by atoms with Gasteiger partial charge in [-0.15, -0.1) is 11.3 Å². The lowest BCUT2D eigenvalue weighted by atomic mass is 9.95. The average Bonchev–Trinajstić information content (AvgIpc) is 3.19. The van der Waals surface area contributed by atoms with Crippen molar-refractivity contribution >= 4 is 39.8 Å². The minimum atomic E-state index is -0.557. The van der Waals surface area contributed by atoms with Crippen LogP contribution < -0.4 is 5.32 Å². The summed E-state index contributed by atoms with van der Waals surface area (Å²) in [6.45, 7) is 9.28. The summed E-state index contributed by atoms with van der Waals surface area (Å²) in [6, 6.07) is -0.557. The van der Waals surface area contributed by atoms with Crippen molar-refractivity contribution in [3.63, 3.8) is 0 Å². The maximum atomic E-state index is 13.0. The summed E-state index contributed by atoms with van der Waals surface area (Å²) < 4.78 is 7.22. The summed E-state index contributed by atoms with van der Waals surface area (Å²) in [7, 11) is 0. The number of nitrogens with zero attached hydrogens (tertiary/aromatic N) is 2. The van der Waals surface area contributed by atoms with Gasteiger partial charge in [-0.2, -0.15) is 5.10 Å². The first kappa shape index (κ1) is 21.8. The molecule has 8 heteroatoms. The molecule has 0 bridgehead atoms. The molecule has 0 saturated carbocycles. The summed E-state index contributed by atoms with van der Waals surface area (Å²) in [5, 5.41) is 8.49. The van der Waals surface area contributed by atoms with E-state index in [2.05, 4.69) is 10.4 Å². The van der Waals surface area contributed by atoms with Crippen LogP contribution in [0, 0.1) is 13.8 Å². The third-order valence-corrected chi connectivity index (χ3v) is 7.23. The zero-order chi connectivity index (χ0) is 21.3. The molecule has 0 fully saturated rings. The quantitative estimate of drug-likeness (QED) is 0.626. The van der Waals surface area contributed by atoms with E-state index in [-0.39, 0.29) is 18.0 Å². The number of hydrogen-bond donors (Lipinski definition) is 1. The van der Waals surface area contributed by atoms with Gasteiger partial charge in [0.15, 0.2) is 0 Å². The summed E-state index contributed by atoms with van der Waals surface area (Å²) >= 11 is 7.72. The number of fused-ring (bicyclic) bond motifs is 1. The molecule has 1 amide bonds. The molecule has 0 saturated heterocycles. The highest BCUT2D eigenvalue weighted by Crippen LogP contribution is 2.39. The van der Waals surface area contributed by atoms with Crippen molar-refractivity contribution in [2.75, 3.05) is 5.32 Å². The first-order valence-corrected chi connectivity index (χ1v) is 11.3. The zero-order valence-corrected chi connectivity index (χ0v) is 19.2. The highest BCUT2D eigenvalue weighted by Gasteiger charge is 2.29. The molecule has 6 nitrogen and oxygen atoms in total. The molecular weight excluding hydrogens is 410 g/mol. The van der Waals surface area contributed by atoms with E-state index in [1.54, 1.807) is 11.6 Å². The third-order valence-electron chi connectivity index (χ3n) is 5.48. The van der Waals surface area contributed by atoms with Crippen molar-refractivity contribution in [2.24, 2.45) is 0 Å². The Hall–Kier alpha value is -1.86. The predicted molar refractivity (Wildman–Crippen MR) is 116 cm³/mol. The Morgan fingerprint density at radius 3 is 2.59 bits per heavy atom. The minimum absolute atomic E-state index is 0.166. The summed E-state index contributed by atoms with van der Waals surface area (Å²) in [5.41, 5.74) is 2.99. The van der Waals surface area contributed by atoms with E-state index in [9.17, 15) is 9.59 Å². The van der Waals surface area contributed by atoms with Crippen LogP contribution in [-0.4, -0.2) is 27.8 Å². The largest absolute Gasteiger partial charge is 0.459 e. The van der Waals surface area contributed by atoms with E-state index in [0.29, 0.717) is 21.3 Å². The van der Waals surface area contributed by atoms with Crippen molar-refractivity contribution < 1.29 is 14.3 Å². The number of halogens is 1. The van der Waals surface area contributed by atoms with Gasteiger partial charge in [-0.3, -0.25) is 9.48 Å². The van der Waals surface area contributed by atoms with Gasteiger partial charge in [0.1, 0.15) is 11.0 Å². The lowest BCUT2D eigenvalue weighted by Crippen LogP contribution is -2.26. The lowest BCUT2D eigenvalue weighted by Gasteiger charge is -2.16. The van der Waals surface area contributed by atoms with E-state index in [1.165, 1.54) is 16.2 Å². The standard InChI is InChI=1S/C21H28ClN3O3S/c1-6-11(2)28-21(27)17-15-9-7-8-10-16(15)29-20(17)23-19(26)14(5)25-13(4)18(22)12(3)24-25/h11,14H,6-10H2,1-5H3,(H,23,26). The van der Waals surface area contributed by atoms with Crippen LogP contribution in [0.15, 0.2) is 0 Å². The molecule has 2 unspecified atom stereocenters. The van der Waals surface area contributed by atoms with Crippen molar-refractivity contribution in [2.45, 2.75) is 78.9 Å². The highest BCUT2D eigenvalue weighted by molar-refractivity contribution is 7.17. The van der Waals surface area contributed by atoms with Gasteiger partial charge in [0, 0.05) is 4.88 Å². The number of hydrogen-bond acceptors (Lipinski definition) is 5. The van der Waals surface area contributed by atoms with Gasteiger partial charge in [-0.05, 0) is 65.4 Å². The molecular formula is C21H28ClN3O3S. The topological polar surface area (TPSA) is 73.2 Å². The molecule has 2 atom stereocenters. The predicted octanol–water partition coefficient (Wildman–Crippen LogP) is 5.25. The van der Waals surface area contributed by atoms with Crippen LogP contribution in [0.2, 0.25) is 5.02 Å². The minimum Gasteiger partial charge on any atom is -0.459 e. The summed E-state index contributed by atoms with van der Waals surface area (Å²) in [4.78, 5) is 27.1. The molecule has 1 aliphatic rings. The molecule has 158 valence electrons. The Bertz CT molecular complexity index is 934. The second-order valence-corrected chi connectivity index (χ2v) is 9.12. The van der Waals surface area contributed by atoms with Crippen LogP contribution in [0.3, 0.4) is 0 Å². The van der Waals surface area contributed by atoms with Crippen LogP contribution in [0.5, 0.6) is 0 Å². The van der Waals surface area contributed by atoms with Gasteiger partial charge in [-0.25, -0.2) is 4.79 Å². The number of carbonyl (C=O) groups excluding carboxylic acids is 2. The number of esters is 1. The number of thiophene rings is 1. The average molecular weight is 438 g/mol. The van der Waals surface area contributed by atoms with Crippen molar-refractivity contribution in [1.29, 1.82) is 0 Å². The van der Waals surface area contributed by atoms with E-state index in [0.717, 1.165) is 43.4 Å². The first-order chi connectivity index (χ1) is 13.7. The second-order valence-electron chi connectivity index (χ2n) is 7.63. The van der Waals surface area contributed by atoms with Crippen molar-refractivity contribution in [1.82, 2.24) is 9.78 Å². The number of carbonyl (C=O) groups is 2. The van der Waals surface area contributed by atoms with E-state index >= 15 is 0 Å². The molecule has 1 N–H and O–H groups in total. The van der Waals surface area contributed by atoms with Crippen molar-refractivity contribution in [3.05, 3.63) is 32.4 Å². The molecule has 0 radical (unpaired) electrons. The Labute approximate surface area is 180 Å². The number of aryl methyl sites for hydroxylation is 2. The molecule has 0 aromatic carbocycles. The summed E-state index contributed by atoms with van der Waals surface area (Å²) in [5.74, 6) is -0.584. The fourth-order valence-corrected chi connectivity index (χ4v) is 4.95. The third kappa shape index (κ3) is 4.36. The molecule has 1 aliphatic carbocycles. The lowest BCUT2D eigenvalue weighted by molar-refractivity contribution is -0.119. The number of nitrogens with one attached hydrogen (secondary N) is 1. The van der Waals surface area contributed by atoms with Crippen LogP contribution >= 0.6 is 22.9 Å². The maximum absolute atomic E-state index is 13.0. The molecule has 2 heterocycles. The van der Waals surface area contributed by atoms with E-state index in [4.69, 9.17) is 16.3 Å². The second kappa shape index (κ2) is 8.88. The summed E-state index contributed by atoms with van der Waals surface area (Å²) in [6.07, 6.45) is 4.50. The number of ether oxygens (including phenoxy) is 1. The van der Waals surface area contributed by atoms with Gasteiger partial charge in [-0.1, -0.05) is 18.5 Å². The first-order valence-electron chi connectivity index (χ1n) is 10.1. The Morgan fingerprint density at radius 2 is 1.97 bits per heavy atom. The molecule has 0 spiro atoms.